The molecular formula is C23H28N6O. The fourth-order valence-electron chi connectivity index (χ4n) is 3.71. The first kappa shape index (κ1) is 20.3. The van der Waals surface area contributed by atoms with Crippen molar-refractivity contribution in [2.45, 2.75) is 13.1 Å². The summed E-state index contributed by atoms with van der Waals surface area (Å²) in [6.45, 7) is 7.43. The van der Waals surface area contributed by atoms with Crippen molar-refractivity contribution >= 4 is 5.91 Å². The largest absolute Gasteiger partial charge is 0.351 e. The van der Waals surface area contributed by atoms with Gasteiger partial charge in [0.1, 0.15) is 12.7 Å². The number of piperazine rings is 1. The number of rotatable bonds is 8. The minimum Gasteiger partial charge on any atom is -0.351 e. The summed E-state index contributed by atoms with van der Waals surface area (Å²) in [6, 6.07) is 18.3. The molecule has 1 amide bonds. The minimum atomic E-state index is -0.0231. The van der Waals surface area contributed by atoms with Crippen molar-refractivity contribution in [2.75, 3.05) is 39.3 Å². The van der Waals surface area contributed by atoms with Gasteiger partial charge in [-0.15, -0.1) is 0 Å². The first-order valence-electron chi connectivity index (χ1n) is 10.4. The molecule has 0 bridgehead atoms. The van der Waals surface area contributed by atoms with E-state index >= 15 is 0 Å². The predicted molar refractivity (Wildman–Crippen MR) is 116 cm³/mol. The second-order valence-corrected chi connectivity index (χ2v) is 7.65. The lowest BCUT2D eigenvalue weighted by molar-refractivity contribution is 0.0934. The Morgan fingerprint density at radius 1 is 0.867 bits per heavy atom. The Hall–Kier alpha value is -3.03. The molecule has 1 aromatic heterocycles. The molecule has 1 saturated heterocycles. The van der Waals surface area contributed by atoms with Gasteiger partial charge in [-0.3, -0.25) is 14.6 Å². The normalized spacial score (nSPS) is 15.2. The second-order valence-electron chi connectivity index (χ2n) is 7.65. The molecule has 0 spiro atoms. The van der Waals surface area contributed by atoms with Crippen molar-refractivity contribution in [1.82, 2.24) is 29.9 Å². The zero-order valence-corrected chi connectivity index (χ0v) is 17.2. The third-order valence-electron chi connectivity index (χ3n) is 5.45. The van der Waals surface area contributed by atoms with Gasteiger partial charge in [0.2, 0.25) is 0 Å². The number of amides is 1. The van der Waals surface area contributed by atoms with Gasteiger partial charge in [-0.2, -0.15) is 5.10 Å². The van der Waals surface area contributed by atoms with Gasteiger partial charge in [0.15, 0.2) is 0 Å². The number of aromatic nitrogens is 3. The highest BCUT2D eigenvalue weighted by Gasteiger charge is 2.16. The molecule has 0 saturated carbocycles. The van der Waals surface area contributed by atoms with Crippen molar-refractivity contribution < 1.29 is 4.79 Å². The highest BCUT2D eigenvalue weighted by Crippen LogP contribution is 2.09. The van der Waals surface area contributed by atoms with Gasteiger partial charge < -0.3 is 5.32 Å². The van der Waals surface area contributed by atoms with Crippen LogP contribution in [0.15, 0.2) is 67.3 Å². The fourth-order valence-corrected chi connectivity index (χ4v) is 3.71. The van der Waals surface area contributed by atoms with Gasteiger partial charge >= 0.3 is 0 Å². The zero-order chi connectivity index (χ0) is 20.6. The van der Waals surface area contributed by atoms with Crippen LogP contribution < -0.4 is 5.32 Å². The highest BCUT2D eigenvalue weighted by atomic mass is 16.1. The van der Waals surface area contributed by atoms with E-state index in [0.717, 1.165) is 44.8 Å². The lowest BCUT2D eigenvalue weighted by atomic mass is 10.1. The zero-order valence-electron chi connectivity index (χ0n) is 17.2. The van der Waals surface area contributed by atoms with Crippen molar-refractivity contribution in [3.8, 4) is 0 Å². The Morgan fingerprint density at radius 2 is 1.57 bits per heavy atom. The molecule has 2 aromatic carbocycles. The first-order valence-corrected chi connectivity index (χ1v) is 10.4. The smallest absolute Gasteiger partial charge is 0.251 e. The van der Waals surface area contributed by atoms with E-state index < -0.39 is 0 Å². The highest BCUT2D eigenvalue weighted by molar-refractivity contribution is 5.94. The third-order valence-corrected chi connectivity index (χ3v) is 5.45. The lowest BCUT2D eigenvalue weighted by Gasteiger charge is -2.34. The van der Waals surface area contributed by atoms with Crippen LogP contribution in [0.3, 0.4) is 0 Å². The van der Waals surface area contributed by atoms with E-state index in [1.807, 2.05) is 24.3 Å². The van der Waals surface area contributed by atoms with Gasteiger partial charge in [0.05, 0.1) is 6.54 Å². The van der Waals surface area contributed by atoms with Gasteiger partial charge in [0, 0.05) is 51.4 Å². The number of nitrogens with one attached hydrogen (secondary N) is 1. The number of hydrogen-bond acceptors (Lipinski definition) is 5. The topological polar surface area (TPSA) is 66.3 Å². The molecule has 4 rings (SSSR count). The summed E-state index contributed by atoms with van der Waals surface area (Å²) < 4.78 is 1.76. The molecule has 7 heteroatoms. The maximum Gasteiger partial charge on any atom is 0.251 e. The van der Waals surface area contributed by atoms with E-state index in [4.69, 9.17) is 0 Å². The van der Waals surface area contributed by atoms with Gasteiger partial charge in [-0.25, -0.2) is 9.67 Å². The van der Waals surface area contributed by atoms with Crippen LogP contribution in [0.1, 0.15) is 21.5 Å². The Labute approximate surface area is 177 Å². The quantitative estimate of drug-likeness (QED) is 0.621. The molecule has 0 atom stereocenters. The molecule has 0 radical (unpaired) electrons. The van der Waals surface area contributed by atoms with Crippen molar-refractivity contribution in [2.24, 2.45) is 0 Å². The summed E-state index contributed by atoms with van der Waals surface area (Å²) >= 11 is 0. The summed E-state index contributed by atoms with van der Waals surface area (Å²) in [5.41, 5.74) is 3.14. The van der Waals surface area contributed by atoms with Gasteiger partial charge in [0.25, 0.3) is 5.91 Å². The van der Waals surface area contributed by atoms with Crippen LogP contribution in [0.25, 0.3) is 0 Å². The molecule has 2 heterocycles. The molecule has 1 aliphatic heterocycles. The number of carbonyl (C=O) groups is 1. The Kier molecular flexibility index (Phi) is 6.84. The van der Waals surface area contributed by atoms with Crippen LogP contribution in [0.5, 0.6) is 0 Å². The SMILES string of the molecule is O=C(NCCN1CCN(Cc2ccccc2)CC1)c1ccc(Cn2cncn2)cc1. The van der Waals surface area contributed by atoms with Crippen molar-refractivity contribution in [3.63, 3.8) is 0 Å². The maximum atomic E-state index is 12.4. The molecule has 156 valence electrons. The van der Waals surface area contributed by atoms with Crippen molar-refractivity contribution in [1.29, 1.82) is 0 Å². The van der Waals surface area contributed by atoms with Crippen LogP contribution in [0.2, 0.25) is 0 Å². The van der Waals surface area contributed by atoms with E-state index in [1.165, 1.54) is 11.9 Å². The fraction of sp³-hybridized carbons (Fsp3) is 0.348. The molecule has 0 unspecified atom stereocenters. The molecule has 7 nitrogen and oxygen atoms in total. The second kappa shape index (κ2) is 10.1. The summed E-state index contributed by atoms with van der Waals surface area (Å²) in [5, 5.41) is 7.14. The molecule has 3 aromatic rings. The summed E-state index contributed by atoms with van der Waals surface area (Å²) in [7, 11) is 0. The van der Waals surface area contributed by atoms with Crippen LogP contribution in [0.4, 0.5) is 0 Å². The molecule has 30 heavy (non-hydrogen) atoms. The number of benzene rings is 2. The van der Waals surface area contributed by atoms with Crippen LogP contribution in [-0.4, -0.2) is 69.7 Å². The molecule has 0 aliphatic carbocycles. The van der Waals surface area contributed by atoms with Crippen LogP contribution in [-0.2, 0) is 13.1 Å². The summed E-state index contributed by atoms with van der Waals surface area (Å²) in [4.78, 5) is 21.3. The number of nitrogens with zero attached hydrogens (tertiary/aromatic N) is 5. The number of carbonyl (C=O) groups excluding carboxylic acids is 1. The molecule has 1 N–H and O–H groups in total. The van der Waals surface area contributed by atoms with Crippen molar-refractivity contribution in [3.05, 3.63) is 83.9 Å². The van der Waals surface area contributed by atoms with E-state index in [9.17, 15) is 4.79 Å². The Balaban J connectivity index is 1.15. The Morgan fingerprint density at radius 3 is 2.27 bits per heavy atom. The van der Waals surface area contributed by atoms with Crippen LogP contribution >= 0.6 is 0 Å². The van der Waals surface area contributed by atoms with E-state index in [2.05, 4.69) is 55.5 Å². The first-order chi connectivity index (χ1) is 14.8. The maximum absolute atomic E-state index is 12.4. The van der Waals surface area contributed by atoms with E-state index in [0.29, 0.717) is 18.7 Å². The average Bonchev–Trinajstić information content (AvgIpc) is 3.29. The summed E-state index contributed by atoms with van der Waals surface area (Å²) in [5.74, 6) is -0.0231. The minimum absolute atomic E-state index is 0.0231. The molecule has 1 aliphatic rings. The average molecular weight is 405 g/mol. The predicted octanol–water partition coefficient (Wildman–Crippen LogP) is 1.87. The van der Waals surface area contributed by atoms with Crippen LogP contribution in [0, 0.1) is 0 Å². The monoisotopic (exact) mass is 404 g/mol. The third kappa shape index (κ3) is 5.75. The molecular weight excluding hydrogens is 376 g/mol. The van der Waals surface area contributed by atoms with E-state index in [-0.39, 0.29) is 5.91 Å². The molecule has 1 fully saturated rings. The standard InChI is InChI=1S/C23H28N6O/c30-23(22-8-6-21(7-9-22)17-29-19-24-18-26-29)25-10-11-27-12-14-28(15-13-27)16-20-4-2-1-3-5-20/h1-9,18-19H,10-17H2,(H,25,30). The van der Waals surface area contributed by atoms with E-state index in [1.54, 1.807) is 11.0 Å². The Bertz CT molecular complexity index is 903. The van der Waals surface area contributed by atoms with Gasteiger partial charge in [-0.1, -0.05) is 42.5 Å². The van der Waals surface area contributed by atoms with Gasteiger partial charge in [-0.05, 0) is 23.3 Å². The lowest BCUT2D eigenvalue weighted by Crippen LogP contribution is -2.48. The number of hydrogen-bond donors (Lipinski definition) is 1. The summed E-state index contributed by atoms with van der Waals surface area (Å²) in [6.07, 6.45) is 3.20.